The van der Waals surface area contributed by atoms with E-state index in [4.69, 9.17) is 4.74 Å². The lowest BCUT2D eigenvalue weighted by Gasteiger charge is -2.21. The zero-order valence-electron chi connectivity index (χ0n) is 17.5. The van der Waals surface area contributed by atoms with Crippen LogP contribution in [0, 0.1) is 13.8 Å². The van der Waals surface area contributed by atoms with Crippen LogP contribution in [0.15, 0.2) is 66.7 Å². The third-order valence-electron chi connectivity index (χ3n) is 5.43. The van der Waals surface area contributed by atoms with Gasteiger partial charge in [-0.05, 0) is 80.4 Å². The predicted molar refractivity (Wildman–Crippen MR) is 117 cm³/mol. The van der Waals surface area contributed by atoms with Gasteiger partial charge >= 0.3 is 0 Å². The van der Waals surface area contributed by atoms with E-state index in [0.717, 1.165) is 16.2 Å². The maximum Gasteiger partial charge on any atom is 0.262 e. The zero-order valence-corrected chi connectivity index (χ0v) is 17.5. The number of imide groups is 1. The Morgan fingerprint density at radius 3 is 2.00 bits per heavy atom. The Bertz CT molecular complexity index is 1150. The van der Waals surface area contributed by atoms with Crippen molar-refractivity contribution in [2.45, 2.75) is 26.8 Å². The number of fused-ring (bicyclic) bond motifs is 1. The van der Waals surface area contributed by atoms with E-state index in [9.17, 15) is 14.4 Å². The molecule has 1 N–H and O–H groups in total. The number of nitrogens with zero attached hydrogens (tertiary/aromatic N) is 1. The summed E-state index contributed by atoms with van der Waals surface area (Å²) < 4.78 is 5.86. The molecule has 1 aliphatic rings. The number of hydrogen-bond donors (Lipinski definition) is 1. The molecule has 3 amide bonds. The van der Waals surface area contributed by atoms with E-state index in [0.29, 0.717) is 22.6 Å². The first-order valence-electron chi connectivity index (χ1n) is 9.98. The molecule has 0 saturated carbocycles. The van der Waals surface area contributed by atoms with Crippen molar-refractivity contribution in [3.63, 3.8) is 0 Å². The Hall–Kier alpha value is -3.93. The molecular formula is C25H22N2O4. The number of anilines is 1. The van der Waals surface area contributed by atoms with Gasteiger partial charge in [-0.25, -0.2) is 0 Å². The number of amides is 3. The maximum atomic E-state index is 12.7. The minimum atomic E-state index is -0.945. The highest BCUT2D eigenvalue weighted by Gasteiger charge is 2.40. The van der Waals surface area contributed by atoms with Crippen LogP contribution in [0.3, 0.4) is 0 Å². The van der Waals surface area contributed by atoms with E-state index in [1.54, 1.807) is 48.5 Å². The van der Waals surface area contributed by atoms with Crippen molar-refractivity contribution >= 4 is 23.4 Å². The van der Waals surface area contributed by atoms with Crippen LogP contribution in [0.25, 0.3) is 0 Å². The Kier molecular flexibility index (Phi) is 5.29. The smallest absolute Gasteiger partial charge is 0.262 e. The molecule has 1 aliphatic heterocycles. The maximum absolute atomic E-state index is 12.7. The molecule has 3 aromatic rings. The molecule has 0 unspecified atom stereocenters. The summed E-state index contributed by atoms with van der Waals surface area (Å²) in [4.78, 5) is 38.9. The van der Waals surface area contributed by atoms with E-state index in [1.165, 1.54) is 12.5 Å². The number of carbonyl (C=O) groups excluding carboxylic acids is 3. The van der Waals surface area contributed by atoms with Crippen LogP contribution < -0.4 is 10.1 Å². The SMILES string of the molecule is Cc1ccc(Oc2ccc(NC(=O)[C@@H](C)N3C(=O)c4ccccc4C3=O)cc2)cc1C. The third-order valence-corrected chi connectivity index (χ3v) is 5.43. The highest BCUT2D eigenvalue weighted by molar-refractivity contribution is 6.23. The summed E-state index contributed by atoms with van der Waals surface area (Å²) in [6, 6.07) is 18.4. The molecule has 0 aliphatic carbocycles. The second-order valence-electron chi connectivity index (χ2n) is 7.56. The van der Waals surface area contributed by atoms with Crippen LogP contribution in [-0.2, 0) is 4.79 Å². The van der Waals surface area contributed by atoms with Gasteiger partial charge in [-0.1, -0.05) is 18.2 Å². The van der Waals surface area contributed by atoms with Crippen LogP contribution in [0.2, 0.25) is 0 Å². The first-order chi connectivity index (χ1) is 14.8. The van der Waals surface area contributed by atoms with Gasteiger partial charge in [0.15, 0.2) is 0 Å². The lowest BCUT2D eigenvalue weighted by atomic mass is 10.1. The fourth-order valence-corrected chi connectivity index (χ4v) is 3.44. The van der Waals surface area contributed by atoms with Gasteiger partial charge in [0.2, 0.25) is 5.91 Å². The monoisotopic (exact) mass is 414 g/mol. The highest BCUT2D eigenvalue weighted by Crippen LogP contribution is 2.27. The fraction of sp³-hybridized carbons (Fsp3) is 0.160. The molecular weight excluding hydrogens is 392 g/mol. The van der Waals surface area contributed by atoms with Gasteiger partial charge in [0.1, 0.15) is 17.5 Å². The molecule has 156 valence electrons. The molecule has 0 aromatic heterocycles. The van der Waals surface area contributed by atoms with Crippen LogP contribution in [-0.4, -0.2) is 28.7 Å². The number of aryl methyl sites for hydroxylation is 2. The minimum absolute atomic E-state index is 0.319. The van der Waals surface area contributed by atoms with Crippen LogP contribution in [0.1, 0.15) is 38.8 Å². The molecule has 0 bridgehead atoms. The molecule has 31 heavy (non-hydrogen) atoms. The Morgan fingerprint density at radius 2 is 1.42 bits per heavy atom. The summed E-state index contributed by atoms with van der Waals surface area (Å²) in [6.45, 7) is 5.60. The van der Waals surface area contributed by atoms with Gasteiger partial charge in [-0.2, -0.15) is 0 Å². The summed E-state index contributed by atoms with van der Waals surface area (Å²) in [5, 5.41) is 2.75. The highest BCUT2D eigenvalue weighted by atomic mass is 16.5. The van der Waals surface area contributed by atoms with Gasteiger partial charge in [-0.3, -0.25) is 19.3 Å². The summed E-state index contributed by atoms with van der Waals surface area (Å²) in [5.74, 6) is 0.00638. The summed E-state index contributed by atoms with van der Waals surface area (Å²) in [7, 11) is 0. The molecule has 0 spiro atoms. The Labute approximate surface area is 180 Å². The van der Waals surface area contributed by atoms with Gasteiger partial charge in [0.25, 0.3) is 11.8 Å². The average Bonchev–Trinajstić information content (AvgIpc) is 3.02. The number of nitrogens with one attached hydrogen (secondary N) is 1. The first kappa shape index (κ1) is 20.3. The second kappa shape index (κ2) is 8.07. The van der Waals surface area contributed by atoms with Crippen molar-refractivity contribution in [3.05, 3.63) is 89.0 Å². The van der Waals surface area contributed by atoms with E-state index in [1.807, 2.05) is 32.0 Å². The predicted octanol–water partition coefficient (Wildman–Crippen LogP) is 4.72. The van der Waals surface area contributed by atoms with Gasteiger partial charge in [-0.15, -0.1) is 0 Å². The van der Waals surface area contributed by atoms with Crippen molar-refractivity contribution in [1.29, 1.82) is 0 Å². The van der Waals surface area contributed by atoms with Crippen LogP contribution >= 0.6 is 0 Å². The molecule has 3 aromatic carbocycles. The minimum Gasteiger partial charge on any atom is -0.457 e. The van der Waals surface area contributed by atoms with E-state index in [-0.39, 0.29) is 0 Å². The normalized spacial score (nSPS) is 13.7. The summed E-state index contributed by atoms with van der Waals surface area (Å²) in [6.07, 6.45) is 0. The van der Waals surface area contributed by atoms with Crippen LogP contribution in [0.5, 0.6) is 11.5 Å². The van der Waals surface area contributed by atoms with Crippen LogP contribution in [0.4, 0.5) is 5.69 Å². The molecule has 0 saturated heterocycles. The number of carbonyl (C=O) groups is 3. The number of ether oxygens (including phenoxy) is 1. The summed E-state index contributed by atoms with van der Waals surface area (Å²) >= 11 is 0. The molecule has 1 atom stereocenters. The second-order valence-corrected chi connectivity index (χ2v) is 7.56. The van der Waals surface area contributed by atoms with Crippen molar-refractivity contribution in [2.24, 2.45) is 0 Å². The standard InChI is InChI=1S/C25H22N2O4/c1-15-8-11-20(14-16(15)2)31-19-12-9-18(10-13-19)26-23(28)17(3)27-24(29)21-6-4-5-7-22(21)25(27)30/h4-14,17H,1-3H3,(H,26,28)/t17-/m1/s1. The Morgan fingerprint density at radius 1 is 0.839 bits per heavy atom. The zero-order chi connectivity index (χ0) is 22.1. The third kappa shape index (κ3) is 3.92. The lowest BCUT2D eigenvalue weighted by molar-refractivity contribution is -0.119. The van der Waals surface area contributed by atoms with Gasteiger partial charge < -0.3 is 10.1 Å². The lowest BCUT2D eigenvalue weighted by Crippen LogP contribution is -2.45. The fourth-order valence-electron chi connectivity index (χ4n) is 3.44. The van der Waals surface area contributed by atoms with E-state index < -0.39 is 23.8 Å². The molecule has 0 fully saturated rings. The quantitative estimate of drug-likeness (QED) is 0.613. The first-order valence-corrected chi connectivity index (χ1v) is 9.98. The number of hydrogen-bond acceptors (Lipinski definition) is 4. The Balaban J connectivity index is 1.42. The number of benzene rings is 3. The van der Waals surface area contributed by atoms with E-state index >= 15 is 0 Å². The largest absolute Gasteiger partial charge is 0.457 e. The van der Waals surface area contributed by atoms with Crippen molar-refractivity contribution in [3.8, 4) is 11.5 Å². The van der Waals surface area contributed by atoms with Crippen molar-refractivity contribution < 1.29 is 19.1 Å². The molecule has 1 heterocycles. The molecule has 4 rings (SSSR count). The topological polar surface area (TPSA) is 75.7 Å². The average molecular weight is 414 g/mol. The van der Waals surface area contributed by atoms with Gasteiger partial charge in [0.05, 0.1) is 11.1 Å². The van der Waals surface area contributed by atoms with Crippen molar-refractivity contribution in [1.82, 2.24) is 4.90 Å². The van der Waals surface area contributed by atoms with Gasteiger partial charge in [0, 0.05) is 5.69 Å². The van der Waals surface area contributed by atoms with Crippen molar-refractivity contribution in [2.75, 3.05) is 5.32 Å². The molecule has 6 nitrogen and oxygen atoms in total. The molecule has 0 radical (unpaired) electrons. The summed E-state index contributed by atoms with van der Waals surface area (Å²) in [5.41, 5.74) is 3.52. The van der Waals surface area contributed by atoms with E-state index in [2.05, 4.69) is 5.32 Å². The number of rotatable bonds is 5. The molecule has 6 heteroatoms.